The van der Waals surface area contributed by atoms with Gasteiger partial charge in [0, 0.05) is 84.7 Å². The quantitative estimate of drug-likeness (QED) is 0.111. The minimum Gasteiger partial charge on any atom is -0.458 e. The highest BCUT2D eigenvalue weighted by atomic mass is 16.7. The third-order valence-electron chi connectivity index (χ3n) is 16.8. The number of allylic oxidation sites excluding steroid dienone is 4. The summed E-state index contributed by atoms with van der Waals surface area (Å²) in [7, 11) is 0. The molecule has 73 heavy (non-hydrogen) atoms. The lowest BCUT2D eigenvalue weighted by molar-refractivity contribution is -0.345. The van der Waals surface area contributed by atoms with Crippen molar-refractivity contribution < 1.29 is 88.3 Å². The fraction of sp³-hybridized carbons (Fsp3) is 0.818. The second-order valence-corrected chi connectivity index (χ2v) is 22.1. The number of carbonyl (C=O) groups is 2. The van der Waals surface area contributed by atoms with Gasteiger partial charge in [0.2, 0.25) is 0 Å². The van der Waals surface area contributed by atoms with E-state index in [4.69, 9.17) is 37.9 Å². The normalized spacial score (nSPS) is 46.0. The fourth-order valence-electron chi connectivity index (χ4n) is 11.7. The highest BCUT2D eigenvalue weighted by Gasteiger charge is 2.54. The first-order valence-corrected chi connectivity index (χ1v) is 26.8. The van der Waals surface area contributed by atoms with Crippen LogP contribution in [0.3, 0.4) is 0 Å². The van der Waals surface area contributed by atoms with Crippen LogP contribution in [0.25, 0.3) is 0 Å². The molecule has 0 unspecified atom stereocenters. The van der Waals surface area contributed by atoms with Gasteiger partial charge in [-0.1, -0.05) is 91.8 Å². The summed E-state index contributed by atoms with van der Waals surface area (Å²) in [6, 6.07) is 0. The van der Waals surface area contributed by atoms with Gasteiger partial charge in [0.25, 0.3) is 0 Å². The van der Waals surface area contributed by atoms with E-state index in [-0.39, 0.29) is 43.1 Å². The lowest BCUT2D eigenvalue weighted by atomic mass is 9.76. The first kappa shape index (κ1) is 61.2. The van der Waals surface area contributed by atoms with E-state index >= 15 is 0 Å². The average molecular weight is 1040 g/mol. The molecule has 0 radical (unpaired) electrons. The Labute approximate surface area is 432 Å². The van der Waals surface area contributed by atoms with Crippen LogP contribution in [-0.2, 0) is 47.5 Å². The number of aliphatic hydroxyl groups excluding tert-OH is 6. The molecule has 0 spiro atoms. The van der Waals surface area contributed by atoms with Crippen LogP contribution >= 0.6 is 0 Å². The molecule has 5 rings (SSSR count). The van der Waals surface area contributed by atoms with E-state index in [9.17, 15) is 50.4 Å². The first-order chi connectivity index (χ1) is 34.2. The Morgan fingerprint density at radius 1 is 0.630 bits per heavy atom. The molecule has 0 aromatic rings. The summed E-state index contributed by atoms with van der Waals surface area (Å²) < 4.78 is 49.3. The Morgan fingerprint density at radius 3 is 1.45 bits per heavy atom. The zero-order valence-corrected chi connectivity index (χ0v) is 45.3. The lowest BCUT2D eigenvalue weighted by Crippen LogP contribution is -2.59. The number of hydrogen-bond donors (Lipinski definition) is 8. The van der Waals surface area contributed by atoms with Gasteiger partial charge in [0.15, 0.2) is 24.2 Å². The topological polar surface area (TPSA) is 270 Å². The standard InChI is InChI=1S/C55H90O18/c1-14-38-34(10)72-54(64,25-42(38)68-45-23-40(56)49(61)36(12)66-45)32(8)47(59)30(6)51-28(4)20-18-21-29(5)53(63)71-52(27(3)19-16-17-22-44(58)70-51)31(7)48(60)33(9)55(65)26-43(39(15-2)35(11)73-55)69-46-24-41(57)50(62)37(13)67-46/h16-22,27-28,30-43,45-52,56-57,59-62,64-65H,14-15,23-26H2,1-13H3/b19-16+,20-18+,22-17+,29-21+/t27-,28-,30-,31-,32-,33-,34+,35+,36-,37-,38+,39+,40-,41-,42+,43+,45-,46-,47+,48+,49+,50+,51-,52-,54+,55+/m0/s1. The average Bonchev–Trinajstić information content (AvgIpc) is 3.32. The summed E-state index contributed by atoms with van der Waals surface area (Å²) in [5.41, 5.74) is 0.235. The molecule has 8 N–H and O–H groups in total. The second-order valence-electron chi connectivity index (χ2n) is 22.1. The van der Waals surface area contributed by atoms with Crippen molar-refractivity contribution in [1.29, 1.82) is 0 Å². The molecule has 5 aliphatic heterocycles. The summed E-state index contributed by atoms with van der Waals surface area (Å²) in [6.45, 7) is 22.9. The zero-order chi connectivity index (χ0) is 54.4. The molecule has 0 aliphatic carbocycles. The number of rotatable bonds is 14. The smallest absolute Gasteiger partial charge is 0.334 e. The maximum atomic E-state index is 13.9. The van der Waals surface area contributed by atoms with Crippen LogP contribution in [0, 0.1) is 47.3 Å². The number of hydrogen-bond acceptors (Lipinski definition) is 18. The van der Waals surface area contributed by atoms with E-state index in [0.717, 1.165) is 0 Å². The van der Waals surface area contributed by atoms with Crippen molar-refractivity contribution in [2.75, 3.05) is 0 Å². The Morgan fingerprint density at radius 2 is 1.04 bits per heavy atom. The van der Waals surface area contributed by atoms with Crippen LogP contribution in [-0.4, -0.2) is 162 Å². The monoisotopic (exact) mass is 1040 g/mol. The molecular formula is C55H90O18. The van der Waals surface area contributed by atoms with Gasteiger partial charge in [0.1, 0.15) is 24.4 Å². The molecule has 26 atom stereocenters. The van der Waals surface area contributed by atoms with Gasteiger partial charge < -0.3 is 78.7 Å². The van der Waals surface area contributed by atoms with E-state index in [1.54, 1.807) is 92.7 Å². The number of cyclic esters (lactones) is 2. The van der Waals surface area contributed by atoms with E-state index in [2.05, 4.69) is 0 Å². The number of aliphatic hydroxyl groups is 8. The molecule has 5 aliphatic rings. The van der Waals surface area contributed by atoms with Crippen molar-refractivity contribution in [2.24, 2.45) is 47.3 Å². The van der Waals surface area contributed by atoms with Crippen LogP contribution in [0.5, 0.6) is 0 Å². The van der Waals surface area contributed by atoms with Crippen LogP contribution in [0.15, 0.2) is 48.1 Å². The van der Waals surface area contributed by atoms with Crippen LogP contribution in [0.2, 0.25) is 0 Å². The molecule has 0 aromatic carbocycles. The highest BCUT2D eigenvalue weighted by molar-refractivity contribution is 5.88. The van der Waals surface area contributed by atoms with E-state index in [1.165, 1.54) is 12.2 Å². The minimum atomic E-state index is -1.88. The molecule has 0 aromatic heterocycles. The maximum Gasteiger partial charge on any atom is 0.334 e. The van der Waals surface area contributed by atoms with Gasteiger partial charge in [-0.15, -0.1) is 0 Å². The van der Waals surface area contributed by atoms with Crippen LogP contribution in [0.4, 0.5) is 0 Å². The van der Waals surface area contributed by atoms with Crippen LogP contribution in [0.1, 0.15) is 129 Å². The molecule has 0 amide bonds. The van der Waals surface area contributed by atoms with E-state index in [0.29, 0.717) is 12.8 Å². The Balaban J connectivity index is 1.31. The molecule has 18 heteroatoms. The molecule has 418 valence electrons. The maximum absolute atomic E-state index is 13.9. The van der Waals surface area contributed by atoms with Gasteiger partial charge >= 0.3 is 11.9 Å². The van der Waals surface area contributed by atoms with Crippen molar-refractivity contribution in [2.45, 2.75) is 238 Å². The third kappa shape index (κ3) is 14.7. The molecule has 0 bridgehead atoms. The molecular weight excluding hydrogens is 949 g/mol. The van der Waals surface area contributed by atoms with Gasteiger partial charge in [-0.3, -0.25) is 0 Å². The first-order valence-electron chi connectivity index (χ1n) is 26.8. The molecule has 5 heterocycles. The molecule has 4 fully saturated rings. The number of carbonyl (C=O) groups excluding carboxylic acids is 2. The van der Waals surface area contributed by atoms with Crippen molar-refractivity contribution in [3.8, 4) is 0 Å². The van der Waals surface area contributed by atoms with Gasteiger partial charge in [-0.25, -0.2) is 9.59 Å². The van der Waals surface area contributed by atoms with Crippen molar-refractivity contribution in [1.82, 2.24) is 0 Å². The van der Waals surface area contributed by atoms with Crippen molar-refractivity contribution >= 4 is 11.9 Å². The number of ether oxygens (including phenoxy) is 8. The summed E-state index contributed by atoms with van der Waals surface area (Å²) in [5.74, 6) is -9.83. The SMILES string of the molecule is CC[C@@H]1[C@@H](C)O[C@@](O)([C@@H](C)[C@H](O)[C@H](C)[C@H]2OC(=O)/C=C/C=C/[C@H](C)[C@@H]([C@@H](C)[C@@H](O)[C@H](C)[C@@]3(O)C[C@@H](O[C@H]4C[C@H](O)[C@H](O)[C@H](C)O4)[C@H](CC)[C@@H](C)O3)OC(=O)/C(C)=C/C=C/[C@@H]2C)C[C@H]1O[C@H]1C[C@H](O)[C@H](O)[C@H](C)O1. The summed E-state index contributed by atoms with van der Waals surface area (Å²) in [6.07, 6.45) is -1.42. The lowest BCUT2D eigenvalue weighted by Gasteiger charge is -2.50. The number of esters is 2. The van der Waals surface area contributed by atoms with Gasteiger partial charge in [-0.05, 0) is 47.5 Å². The Kier molecular flexibility index (Phi) is 21.9. The summed E-state index contributed by atoms with van der Waals surface area (Å²) >= 11 is 0. The minimum absolute atomic E-state index is 0.0271. The predicted octanol–water partition coefficient (Wildman–Crippen LogP) is 4.51. The van der Waals surface area contributed by atoms with Gasteiger partial charge in [0.05, 0.1) is 61.0 Å². The fourth-order valence-corrected chi connectivity index (χ4v) is 11.7. The van der Waals surface area contributed by atoms with E-state index < -0.39 is 157 Å². The highest BCUT2D eigenvalue weighted by Crippen LogP contribution is 2.45. The van der Waals surface area contributed by atoms with Crippen molar-refractivity contribution in [3.63, 3.8) is 0 Å². The zero-order valence-electron chi connectivity index (χ0n) is 45.3. The predicted molar refractivity (Wildman–Crippen MR) is 267 cm³/mol. The molecule has 4 saturated heterocycles. The van der Waals surface area contributed by atoms with E-state index in [1.807, 2.05) is 27.7 Å². The molecule has 0 saturated carbocycles. The van der Waals surface area contributed by atoms with Gasteiger partial charge in [-0.2, -0.15) is 0 Å². The second kappa shape index (κ2) is 26.1. The largest absolute Gasteiger partial charge is 0.458 e. The summed E-state index contributed by atoms with van der Waals surface area (Å²) in [4.78, 5) is 27.4. The summed E-state index contributed by atoms with van der Waals surface area (Å²) in [5, 5.41) is 89.8. The Hall–Kier alpha value is -2.66. The molecule has 18 nitrogen and oxygen atoms in total. The third-order valence-corrected chi connectivity index (χ3v) is 16.8. The van der Waals surface area contributed by atoms with Crippen LogP contribution < -0.4 is 0 Å². The van der Waals surface area contributed by atoms with Crippen molar-refractivity contribution in [3.05, 3.63) is 48.1 Å². The Bertz CT molecular complexity index is 1890.